The molecule has 0 unspecified atom stereocenters. The van der Waals surface area contributed by atoms with Crippen LogP contribution in [0.3, 0.4) is 0 Å². The normalized spacial score (nSPS) is 0. The molecule has 37 valence electrons. The summed E-state index contributed by atoms with van der Waals surface area (Å²) in [5, 5.41) is 0. The summed E-state index contributed by atoms with van der Waals surface area (Å²) in [6, 6.07) is 0. The summed E-state index contributed by atoms with van der Waals surface area (Å²) >= 11 is 0. The third kappa shape index (κ3) is 8.82. The monoisotopic (exact) mass is 413 g/mol. The van der Waals surface area contributed by atoms with E-state index in [0.717, 1.165) is 0 Å². The molecular weight excluding hydrogens is 414 g/mol. The predicted molar refractivity (Wildman–Crippen MR) is 0 cm³/mol. The second-order valence-electron chi connectivity index (χ2n) is 0. The average Bonchev–Trinajstić information content (AvgIpc) is 0. The summed E-state index contributed by atoms with van der Waals surface area (Å²) in [5.41, 5.74) is 0. The second-order valence-corrected chi connectivity index (χ2v) is 0. The Bertz CT molecular complexity index is 8.00. The maximum Gasteiger partial charge on any atom is 0 e. The summed E-state index contributed by atoms with van der Waals surface area (Å²) in [5.74, 6) is 0. The Labute approximate surface area is 76.3 Å². The summed E-state index contributed by atoms with van der Waals surface area (Å²) in [6.45, 7) is 0. The third-order valence-corrected chi connectivity index (χ3v) is 0. The topological polar surface area (TPSA) is 0 Å². The Hall–Kier alpha value is 2.45. The molecule has 0 aliphatic rings. The van der Waals surface area contributed by atoms with Crippen LogP contribution in [-0.2, 0) is 77.3 Å². The maximum atomic E-state index is 0. The van der Waals surface area contributed by atoms with E-state index in [1.807, 2.05) is 0 Å². The molecule has 0 aliphatic carbocycles. The van der Waals surface area contributed by atoms with Crippen molar-refractivity contribution < 1.29 is 77.3 Å². The fraction of sp³-hybridized carbons (Fsp3) is 0. The van der Waals surface area contributed by atoms with Gasteiger partial charge in [0.25, 0.3) is 0 Å². The van der Waals surface area contributed by atoms with Gasteiger partial charge < -0.3 is 0 Å². The largest absolute Gasteiger partial charge is 0 e. The molecule has 0 aromatic rings. The van der Waals surface area contributed by atoms with Crippen LogP contribution in [0.4, 0.5) is 0 Å². The fourth-order valence-electron chi connectivity index (χ4n) is 0. The van der Waals surface area contributed by atoms with Gasteiger partial charge in [-0.2, -0.15) is 0 Å². The molecular formula is AgCoCuW. The zero-order valence-corrected chi connectivity index (χ0v) is 7.74. The van der Waals surface area contributed by atoms with Gasteiger partial charge in [-0.3, -0.25) is 0 Å². The van der Waals surface area contributed by atoms with Gasteiger partial charge in [0.05, 0.1) is 0 Å². The number of rotatable bonds is 0. The van der Waals surface area contributed by atoms with Crippen LogP contribution in [0.15, 0.2) is 0 Å². The Balaban J connectivity index is 0. The molecule has 0 saturated carbocycles. The van der Waals surface area contributed by atoms with E-state index in [2.05, 4.69) is 0 Å². The van der Waals surface area contributed by atoms with Crippen molar-refractivity contribution in [2.75, 3.05) is 0 Å². The van der Waals surface area contributed by atoms with Crippen molar-refractivity contribution in [2.24, 2.45) is 0 Å². The second kappa shape index (κ2) is 18.0. The van der Waals surface area contributed by atoms with Crippen molar-refractivity contribution >= 4 is 0 Å². The standard InChI is InChI=1S/Ag.Co.Cu.W. The van der Waals surface area contributed by atoms with Crippen LogP contribution in [-0.4, -0.2) is 0 Å². The first-order valence-corrected chi connectivity index (χ1v) is 0. The van der Waals surface area contributed by atoms with E-state index < -0.39 is 0 Å². The number of hydrogen-bond acceptors (Lipinski definition) is 0. The molecule has 0 aromatic carbocycles. The zero-order valence-electron chi connectivity index (χ0n) is 1.34. The van der Waals surface area contributed by atoms with E-state index in [9.17, 15) is 0 Å². The van der Waals surface area contributed by atoms with Crippen LogP contribution < -0.4 is 0 Å². The van der Waals surface area contributed by atoms with Gasteiger partial charge in [-0.1, -0.05) is 0 Å². The van der Waals surface area contributed by atoms with Gasteiger partial charge in [-0.25, -0.2) is 0 Å². The molecule has 0 aliphatic heterocycles. The molecule has 3 radical (unpaired) electrons. The van der Waals surface area contributed by atoms with Crippen molar-refractivity contribution in [3.05, 3.63) is 0 Å². The van der Waals surface area contributed by atoms with Crippen LogP contribution in [0.25, 0.3) is 0 Å². The van der Waals surface area contributed by atoms with E-state index >= 15 is 0 Å². The van der Waals surface area contributed by atoms with Crippen molar-refractivity contribution in [3.8, 4) is 0 Å². The molecule has 0 aromatic heterocycles. The van der Waals surface area contributed by atoms with Crippen molar-refractivity contribution in [3.63, 3.8) is 0 Å². The molecule has 0 heterocycles. The predicted octanol–water partition coefficient (Wildman–Crippen LogP) is -0.0100. The van der Waals surface area contributed by atoms with Crippen molar-refractivity contribution in [1.82, 2.24) is 0 Å². The molecule has 0 atom stereocenters. The quantitative estimate of drug-likeness (QED) is 0.490. The molecule has 0 amide bonds. The van der Waals surface area contributed by atoms with Gasteiger partial charge in [-0.05, 0) is 0 Å². The molecule has 0 fully saturated rings. The Morgan fingerprint density at radius 3 is 1.00 bits per heavy atom. The van der Waals surface area contributed by atoms with Gasteiger partial charge >= 0.3 is 0 Å². The van der Waals surface area contributed by atoms with E-state index in [1.54, 1.807) is 0 Å². The van der Waals surface area contributed by atoms with E-state index in [1.165, 1.54) is 0 Å². The molecule has 0 saturated heterocycles. The van der Waals surface area contributed by atoms with Gasteiger partial charge in [0.2, 0.25) is 0 Å². The van der Waals surface area contributed by atoms with Crippen molar-refractivity contribution in [2.45, 2.75) is 0 Å². The van der Waals surface area contributed by atoms with Crippen LogP contribution in [0.5, 0.6) is 0 Å². The van der Waals surface area contributed by atoms with Gasteiger partial charge in [-0.15, -0.1) is 0 Å². The average molecular weight is 414 g/mol. The van der Waals surface area contributed by atoms with E-state index in [4.69, 9.17) is 0 Å². The van der Waals surface area contributed by atoms with Crippen LogP contribution >= 0.6 is 0 Å². The molecule has 0 spiro atoms. The molecule has 0 rings (SSSR count). The minimum Gasteiger partial charge on any atom is 0 e. The summed E-state index contributed by atoms with van der Waals surface area (Å²) < 4.78 is 0. The summed E-state index contributed by atoms with van der Waals surface area (Å²) in [7, 11) is 0. The van der Waals surface area contributed by atoms with Crippen molar-refractivity contribution in [1.29, 1.82) is 0 Å². The van der Waals surface area contributed by atoms with Gasteiger partial charge in [0.15, 0.2) is 0 Å². The van der Waals surface area contributed by atoms with Gasteiger partial charge in [0.1, 0.15) is 0 Å². The Morgan fingerprint density at radius 1 is 1.00 bits per heavy atom. The zero-order chi connectivity index (χ0) is 0. The summed E-state index contributed by atoms with van der Waals surface area (Å²) in [6.07, 6.45) is 0. The Morgan fingerprint density at radius 2 is 1.00 bits per heavy atom. The maximum absolute atomic E-state index is 0. The summed E-state index contributed by atoms with van der Waals surface area (Å²) in [4.78, 5) is 0. The van der Waals surface area contributed by atoms with Crippen LogP contribution in [0.1, 0.15) is 0 Å². The molecule has 0 bridgehead atoms. The molecule has 0 N–H and O–H groups in total. The van der Waals surface area contributed by atoms with Gasteiger partial charge in [0, 0.05) is 77.3 Å². The fourth-order valence-corrected chi connectivity index (χ4v) is 0. The van der Waals surface area contributed by atoms with Crippen LogP contribution in [0.2, 0.25) is 0 Å². The smallest absolute Gasteiger partial charge is 0 e. The van der Waals surface area contributed by atoms with E-state index in [-0.39, 0.29) is 77.3 Å². The first kappa shape index (κ1) is 31.9. The number of hydrogen-bond donors (Lipinski definition) is 0. The minimum absolute atomic E-state index is 0. The Kier molecular flexibility index (Phi) is 143. The first-order valence-electron chi connectivity index (χ1n) is 0. The SMILES string of the molecule is [Ag].[Co].[Cu].[W]. The molecule has 4 heavy (non-hydrogen) atoms. The van der Waals surface area contributed by atoms with E-state index in [0.29, 0.717) is 0 Å². The minimum atomic E-state index is 0. The van der Waals surface area contributed by atoms with Crippen LogP contribution in [0, 0.1) is 0 Å². The first-order chi connectivity index (χ1) is 0. The molecule has 0 nitrogen and oxygen atoms in total. The third-order valence-electron chi connectivity index (χ3n) is 0. The molecule has 4 heteroatoms.